The molecule has 2 aromatic rings. The van der Waals surface area contributed by atoms with Crippen LogP contribution in [0.4, 0.5) is 0 Å². The van der Waals surface area contributed by atoms with Crippen LogP contribution in [0.3, 0.4) is 0 Å². The Morgan fingerprint density at radius 2 is 2.18 bits per heavy atom. The van der Waals surface area contributed by atoms with Gasteiger partial charge in [-0.2, -0.15) is 11.3 Å². The standard InChI is InChI=1S/C19H25NOS/c1-3-5-15(4-2)8-10-20-13-17-7-6-16(12-19(17)21)18-9-11-22-14-18/h3,6-7,9,11-12,14-15,20-21H,1,4-5,8,10,13H2,2H3. The molecular weight excluding hydrogens is 290 g/mol. The number of thiophene rings is 1. The highest BCUT2D eigenvalue weighted by molar-refractivity contribution is 7.08. The molecule has 0 aliphatic carbocycles. The van der Waals surface area contributed by atoms with Gasteiger partial charge in [0, 0.05) is 12.1 Å². The van der Waals surface area contributed by atoms with Crippen molar-refractivity contribution < 1.29 is 5.11 Å². The highest BCUT2D eigenvalue weighted by Crippen LogP contribution is 2.27. The summed E-state index contributed by atoms with van der Waals surface area (Å²) in [4.78, 5) is 0. The lowest BCUT2D eigenvalue weighted by Crippen LogP contribution is -2.17. The van der Waals surface area contributed by atoms with Gasteiger partial charge < -0.3 is 10.4 Å². The first kappa shape index (κ1) is 16.8. The zero-order valence-corrected chi connectivity index (χ0v) is 14.0. The molecule has 1 unspecified atom stereocenters. The van der Waals surface area contributed by atoms with Gasteiger partial charge in [0.15, 0.2) is 0 Å². The quantitative estimate of drug-likeness (QED) is 0.492. The van der Waals surface area contributed by atoms with Crippen molar-refractivity contribution in [1.82, 2.24) is 5.32 Å². The average Bonchev–Trinajstić information content (AvgIpc) is 3.06. The van der Waals surface area contributed by atoms with E-state index in [9.17, 15) is 5.11 Å². The van der Waals surface area contributed by atoms with E-state index in [0.29, 0.717) is 18.2 Å². The van der Waals surface area contributed by atoms with Gasteiger partial charge >= 0.3 is 0 Å². The number of hydrogen-bond donors (Lipinski definition) is 2. The fraction of sp³-hybridized carbons (Fsp3) is 0.368. The topological polar surface area (TPSA) is 32.3 Å². The second-order valence-electron chi connectivity index (χ2n) is 5.62. The third-order valence-corrected chi connectivity index (χ3v) is 4.75. The van der Waals surface area contributed by atoms with Crippen LogP contribution in [0.15, 0.2) is 47.7 Å². The van der Waals surface area contributed by atoms with E-state index in [0.717, 1.165) is 36.1 Å². The number of hydrogen-bond acceptors (Lipinski definition) is 3. The second-order valence-corrected chi connectivity index (χ2v) is 6.40. The predicted octanol–water partition coefficient (Wildman–Crippen LogP) is 5.20. The van der Waals surface area contributed by atoms with E-state index in [1.165, 1.54) is 6.42 Å². The summed E-state index contributed by atoms with van der Waals surface area (Å²) in [5, 5.41) is 17.8. The minimum Gasteiger partial charge on any atom is -0.508 e. The largest absolute Gasteiger partial charge is 0.508 e. The van der Waals surface area contributed by atoms with Crippen molar-refractivity contribution in [3.8, 4) is 16.9 Å². The van der Waals surface area contributed by atoms with Crippen LogP contribution in [0.25, 0.3) is 11.1 Å². The average molecular weight is 315 g/mol. The molecule has 3 heteroatoms. The summed E-state index contributed by atoms with van der Waals surface area (Å²) in [5.74, 6) is 1.08. The molecule has 1 atom stereocenters. The number of phenolic OH excluding ortho intramolecular Hbond substituents is 1. The Kier molecular flexibility index (Phi) is 6.69. The van der Waals surface area contributed by atoms with Crippen LogP contribution < -0.4 is 5.32 Å². The fourth-order valence-electron chi connectivity index (χ4n) is 2.58. The van der Waals surface area contributed by atoms with E-state index in [-0.39, 0.29) is 0 Å². The Morgan fingerprint density at radius 1 is 1.32 bits per heavy atom. The van der Waals surface area contributed by atoms with E-state index in [1.54, 1.807) is 11.3 Å². The summed E-state index contributed by atoms with van der Waals surface area (Å²) in [6.45, 7) is 7.72. The van der Waals surface area contributed by atoms with E-state index >= 15 is 0 Å². The summed E-state index contributed by atoms with van der Waals surface area (Å²) < 4.78 is 0. The molecule has 0 bridgehead atoms. The molecule has 1 aromatic heterocycles. The third kappa shape index (κ3) is 4.72. The molecule has 2 nitrogen and oxygen atoms in total. The maximum atomic E-state index is 10.2. The maximum absolute atomic E-state index is 10.2. The molecule has 1 heterocycles. The summed E-state index contributed by atoms with van der Waals surface area (Å²) in [6.07, 6.45) is 5.42. The SMILES string of the molecule is C=CCC(CC)CCNCc1ccc(-c2ccsc2)cc1O. The van der Waals surface area contributed by atoms with Crippen LogP contribution in [0.1, 0.15) is 31.7 Å². The minimum absolute atomic E-state index is 0.370. The first-order valence-electron chi connectivity index (χ1n) is 7.90. The molecule has 1 aromatic carbocycles. The van der Waals surface area contributed by atoms with Gasteiger partial charge in [0.05, 0.1) is 0 Å². The molecule has 0 spiro atoms. The van der Waals surface area contributed by atoms with Crippen LogP contribution >= 0.6 is 11.3 Å². The van der Waals surface area contributed by atoms with Crippen LogP contribution in [0.5, 0.6) is 5.75 Å². The molecular formula is C19H25NOS. The lowest BCUT2D eigenvalue weighted by molar-refractivity contribution is 0.445. The summed E-state index contributed by atoms with van der Waals surface area (Å²) in [6, 6.07) is 8.01. The molecule has 0 saturated heterocycles. The van der Waals surface area contributed by atoms with Crippen molar-refractivity contribution >= 4 is 11.3 Å². The fourth-order valence-corrected chi connectivity index (χ4v) is 3.24. The lowest BCUT2D eigenvalue weighted by atomic mass is 9.98. The third-order valence-electron chi connectivity index (χ3n) is 4.06. The van der Waals surface area contributed by atoms with Crippen molar-refractivity contribution in [1.29, 1.82) is 0 Å². The summed E-state index contributed by atoms with van der Waals surface area (Å²) in [7, 11) is 0. The van der Waals surface area contributed by atoms with Crippen LogP contribution in [0.2, 0.25) is 0 Å². The molecule has 0 aliphatic heterocycles. The normalized spacial score (nSPS) is 12.2. The highest BCUT2D eigenvalue weighted by Gasteiger charge is 2.06. The monoisotopic (exact) mass is 315 g/mol. The van der Waals surface area contributed by atoms with Gasteiger partial charge in [-0.15, -0.1) is 6.58 Å². The first-order valence-corrected chi connectivity index (χ1v) is 8.85. The molecule has 0 saturated carbocycles. The zero-order chi connectivity index (χ0) is 15.8. The Labute approximate surface area is 137 Å². The van der Waals surface area contributed by atoms with Crippen LogP contribution in [-0.2, 0) is 6.54 Å². The molecule has 2 N–H and O–H groups in total. The molecule has 0 radical (unpaired) electrons. The lowest BCUT2D eigenvalue weighted by Gasteiger charge is -2.13. The number of benzene rings is 1. The second kappa shape index (κ2) is 8.76. The predicted molar refractivity (Wildman–Crippen MR) is 96.3 cm³/mol. The van der Waals surface area contributed by atoms with Crippen LogP contribution in [-0.4, -0.2) is 11.7 Å². The van der Waals surface area contributed by atoms with Gasteiger partial charge in [-0.25, -0.2) is 0 Å². The van der Waals surface area contributed by atoms with Crippen molar-refractivity contribution in [2.75, 3.05) is 6.54 Å². The molecule has 118 valence electrons. The number of aromatic hydroxyl groups is 1. The number of nitrogens with one attached hydrogen (secondary N) is 1. The van der Waals surface area contributed by atoms with Crippen molar-refractivity contribution in [3.05, 3.63) is 53.2 Å². The van der Waals surface area contributed by atoms with Gasteiger partial charge in [0.2, 0.25) is 0 Å². The summed E-state index contributed by atoms with van der Waals surface area (Å²) in [5.41, 5.74) is 3.19. The number of phenols is 1. The van der Waals surface area contributed by atoms with Crippen molar-refractivity contribution in [2.24, 2.45) is 5.92 Å². The number of rotatable bonds is 9. The minimum atomic E-state index is 0.370. The smallest absolute Gasteiger partial charge is 0.120 e. The molecule has 2 rings (SSSR count). The summed E-state index contributed by atoms with van der Waals surface area (Å²) >= 11 is 1.67. The molecule has 0 amide bonds. The molecule has 0 fully saturated rings. The van der Waals surface area contributed by atoms with Gasteiger partial charge in [-0.3, -0.25) is 0 Å². The van der Waals surface area contributed by atoms with E-state index in [4.69, 9.17) is 0 Å². The van der Waals surface area contributed by atoms with E-state index in [2.05, 4.69) is 41.7 Å². The van der Waals surface area contributed by atoms with Crippen molar-refractivity contribution in [3.63, 3.8) is 0 Å². The van der Waals surface area contributed by atoms with Gasteiger partial charge in [0.25, 0.3) is 0 Å². The van der Waals surface area contributed by atoms with Gasteiger partial charge in [-0.05, 0) is 59.3 Å². The highest BCUT2D eigenvalue weighted by atomic mass is 32.1. The maximum Gasteiger partial charge on any atom is 0.120 e. The number of allylic oxidation sites excluding steroid dienone is 1. The molecule has 22 heavy (non-hydrogen) atoms. The first-order chi connectivity index (χ1) is 10.7. The van der Waals surface area contributed by atoms with E-state index in [1.807, 2.05) is 18.2 Å². The Balaban J connectivity index is 1.84. The van der Waals surface area contributed by atoms with E-state index < -0.39 is 0 Å². The molecule has 0 aliphatic rings. The Bertz CT molecular complexity index is 577. The van der Waals surface area contributed by atoms with Gasteiger partial charge in [-0.1, -0.05) is 31.6 Å². The Hall–Kier alpha value is -1.58. The van der Waals surface area contributed by atoms with Crippen molar-refractivity contribution in [2.45, 2.75) is 32.7 Å². The zero-order valence-electron chi connectivity index (χ0n) is 13.2. The van der Waals surface area contributed by atoms with Crippen LogP contribution in [0, 0.1) is 5.92 Å². The van der Waals surface area contributed by atoms with Gasteiger partial charge in [0.1, 0.15) is 5.75 Å². The Morgan fingerprint density at radius 3 is 2.82 bits per heavy atom.